The number of aryl methyl sites for hydroxylation is 2. The SMILES string of the molecule is COc1ccc(Cl)c(N(CCc2ccc(C(F)(F)F)cc2)C(=O)C(N)(c2ccccc2)C(N)(C(=O)N(CCc2ccc(C(F)(F)F)cc2)c2ccc3c(c2)CCCC3)c2ccccc2)c1. The number of carbonyl (C=O) groups is 2. The van der Waals surface area contributed by atoms with Crippen LogP contribution in [0.5, 0.6) is 5.75 Å². The van der Waals surface area contributed by atoms with Crippen molar-refractivity contribution >= 4 is 34.8 Å². The van der Waals surface area contributed by atoms with Crippen LogP contribution in [-0.2, 0) is 58.7 Å². The van der Waals surface area contributed by atoms with Crippen molar-refractivity contribution in [1.29, 1.82) is 0 Å². The van der Waals surface area contributed by atoms with Gasteiger partial charge >= 0.3 is 12.4 Å². The topological polar surface area (TPSA) is 102 Å². The normalized spacial score (nSPS) is 14.7. The number of ether oxygens (including phenoxy) is 1. The zero-order valence-electron chi connectivity index (χ0n) is 35.4. The van der Waals surface area contributed by atoms with Crippen LogP contribution >= 0.6 is 11.6 Å². The quantitative estimate of drug-likeness (QED) is 0.106. The molecule has 0 saturated heterocycles. The van der Waals surface area contributed by atoms with Crippen LogP contribution in [0.3, 0.4) is 0 Å². The number of amides is 2. The van der Waals surface area contributed by atoms with Crippen LogP contribution in [0.25, 0.3) is 0 Å². The van der Waals surface area contributed by atoms with Gasteiger partial charge < -0.3 is 26.0 Å². The summed E-state index contributed by atoms with van der Waals surface area (Å²) >= 11 is 6.87. The lowest BCUT2D eigenvalue weighted by molar-refractivity contribution is -0.138. The van der Waals surface area contributed by atoms with E-state index in [1.54, 1.807) is 72.8 Å². The van der Waals surface area contributed by atoms with Crippen molar-refractivity contribution in [2.24, 2.45) is 11.5 Å². The summed E-state index contributed by atoms with van der Waals surface area (Å²) in [5.74, 6) is -1.34. The van der Waals surface area contributed by atoms with Crippen LogP contribution in [0, 0.1) is 0 Å². The van der Waals surface area contributed by atoms with E-state index in [1.807, 2.05) is 12.1 Å². The van der Waals surface area contributed by atoms with Crippen molar-refractivity contribution in [2.75, 3.05) is 30.0 Å². The molecule has 0 aliphatic heterocycles. The number of hydrogen-bond acceptors (Lipinski definition) is 5. The van der Waals surface area contributed by atoms with E-state index >= 15 is 9.59 Å². The molecule has 1 aliphatic carbocycles. The predicted molar refractivity (Wildman–Crippen MR) is 241 cm³/mol. The molecule has 2 unspecified atom stereocenters. The number of rotatable bonds is 14. The summed E-state index contributed by atoms with van der Waals surface area (Å²) < 4.78 is 86.8. The highest BCUT2D eigenvalue weighted by Crippen LogP contribution is 2.44. The number of alkyl halides is 6. The van der Waals surface area contributed by atoms with Gasteiger partial charge in [0, 0.05) is 24.8 Å². The maximum atomic E-state index is 16.1. The molecule has 0 radical (unpaired) electrons. The van der Waals surface area contributed by atoms with Gasteiger partial charge in [0.2, 0.25) is 0 Å². The van der Waals surface area contributed by atoms with Gasteiger partial charge in [0.05, 0.1) is 28.9 Å². The summed E-state index contributed by atoms with van der Waals surface area (Å²) in [6.07, 6.45) is -5.45. The first-order chi connectivity index (χ1) is 30.9. The Morgan fingerprint density at radius 3 is 1.51 bits per heavy atom. The van der Waals surface area contributed by atoms with Gasteiger partial charge in [-0.05, 0) is 120 Å². The fourth-order valence-corrected chi connectivity index (χ4v) is 8.68. The lowest BCUT2D eigenvalue weighted by Crippen LogP contribution is -2.74. The summed E-state index contributed by atoms with van der Waals surface area (Å²) in [4.78, 5) is 35.0. The monoisotopic (exact) mass is 912 g/mol. The number of hydrogen-bond donors (Lipinski definition) is 2. The van der Waals surface area contributed by atoms with Crippen molar-refractivity contribution in [3.8, 4) is 5.75 Å². The average Bonchev–Trinajstić information content (AvgIpc) is 3.31. The van der Waals surface area contributed by atoms with E-state index in [0.717, 1.165) is 61.1 Å². The largest absolute Gasteiger partial charge is 0.497 e. The zero-order valence-corrected chi connectivity index (χ0v) is 36.2. The van der Waals surface area contributed by atoms with Gasteiger partial charge in [-0.15, -0.1) is 0 Å². The van der Waals surface area contributed by atoms with Gasteiger partial charge in [0.25, 0.3) is 11.8 Å². The first-order valence-corrected chi connectivity index (χ1v) is 21.4. The number of carbonyl (C=O) groups excluding carboxylic acids is 2. The van der Waals surface area contributed by atoms with Crippen molar-refractivity contribution in [3.05, 3.63) is 195 Å². The first-order valence-electron chi connectivity index (χ1n) is 21.1. The van der Waals surface area contributed by atoms with Crippen LogP contribution in [0.1, 0.15) is 57.3 Å². The van der Waals surface area contributed by atoms with E-state index in [2.05, 4.69) is 0 Å². The number of nitrogens with zero attached hydrogens (tertiary/aromatic N) is 2. The molecule has 65 heavy (non-hydrogen) atoms. The average molecular weight is 913 g/mol. The Hall–Kier alpha value is -6.15. The van der Waals surface area contributed by atoms with Gasteiger partial charge in [-0.3, -0.25) is 9.59 Å². The Morgan fingerprint density at radius 1 is 0.569 bits per heavy atom. The third kappa shape index (κ3) is 9.78. The molecule has 0 spiro atoms. The molecule has 1 aliphatic rings. The van der Waals surface area contributed by atoms with E-state index in [0.29, 0.717) is 22.6 Å². The van der Waals surface area contributed by atoms with E-state index in [-0.39, 0.29) is 47.8 Å². The molecular weight excluding hydrogens is 866 g/mol. The van der Waals surface area contributed by atoms with Crippen LogP contribution in [0.2, 0.25) is 5.02 Å². The molecule has 6 aromatic carbocycles. The molecule has 6 aromatic rings. The number of fused-ring (bicyclic) bond motifs is 1. The maximum Gasteiger partial charge on any atom is 0.416 e. The van der Waals surface area contributed by atoms with Gasteiger partial charge in [0.15, 0.2) is 11.1 Å². The fraction of sp³-hybridized carbons (Fsp3) is 0.255. The highest BCUT2D eigenvalue weighted by atomic mass is 35.5. The van der Waals surface area contributed by atoms with E-state index < -0.39 is 46.4 Å². The molecule has 0 aromatic heterocycles. The summed E-state index contributed by atoms with van der Waals surface area (Å²) in [6, 6.07) is 35.9. The molecule has 0 saturated carbocycles. The lowest BCUT2D eigenvalue weighted by atomic mass is 9.67. The highest BCUT2D eigenvalue weighted by Gasteiger charge is 2.61. The second kappa shape index (κ2) is 19.1. The Bertz CT molecular complexity index is 2610. The molecule has 338 valence electrons. The van der Waals surface area contributed by atoms with Crippen molar-refractivity contribution in [1.82, 2.24) is 0 Å². The van der Waals surface area contributed by atoms with Gasteiger partial charge in [0.1, 0.15) is 5.75 Å². The second-order valence-corrected chi connectivity index (χ2v) is 16.5. The lowest BCUT2D eigenvalue weighted by Gasteiger charge is -2.48. The summed E-state index contributed by atoms with van der Waals surface area (Å²) in [7, 11) is 1.43. The number of anilines is 2. The second-order valence-electron chi connectivity index (χ2n) is 16.1. The molecule has 7 rings (SSSR count). The highest BCUT2D eigenvalue weighted by molar-refractivity contribution is 6.34. The molecule has 4 N–H and O–H groups in total. The Labute approximate surface area is 378 Å². The molecule has 14 heteroatoms. The molecule has 0 bridgehead atoms. The molecule has 7 nitrogen and oxygen atoms in total. The van der Waals surface area contributed by atoms with Crippen LogP contribution in [0.4, 0.5) is 37.7 Å². The molecule has 2 amide bonds. The number of benzene rings is 6. The van der Waals surface area contributed by atoms with Crippen molar-refractivity contribution in [3.63, 3.8) is 0 Å². The molecule has 2 atom stereocenters. The van der Waals surface area contributed by atoms with Crippen molar-refractivity contribution < 1.29 is 40.7 Å². The van der Waals surface area contributed by atoms with Gasteiger partial charge in [-0.1, -0.05) is 103 Å². The third-order valence-corrected chi connectivity index (χ3v) is 12.5. The van der Waals surface area contributed by atoms with Crippen LogP contribution in [0.15, 0.2) is 146 Å². The van der Waals surface area contributed by atoms with E-state index in [4.69, 9.17) is 27.8 Å². The summed E-state index contributed by atoms with van der Waals surface area (Å²) in [6.45, 7) is -0.266. The fourth-order valence-electron chi connectivity index (χ4n) is 8.46. The summed E-state index contributed by atoms with van der Waals surface area (Å²) in [5.41, 5.74) is 12.8. The first kappa shape index (κ1) is 46.8. The molecule has 0 heterocycles. The minimum absolute atomic E-state index is 0.0213. The number of halogens is 7. The minimum atomic E-state index is -4.57. The molecule has 0 fully saturated rings. The number of nitrogens with two attached hydrogens (primary N) is 2. The van der Waals surface area contributed by atoms with Gasteiger partial charge in [-0.2, -0.15) is 26.3 Å². The van der Waals surface area contributed by atoms with Crippen LogP contribution < -0.4 is 26.0 Å². The Kier molecular flexibility index (Phi) is 13.8. The Balaban J connectivity index is 1.41. The maximum absolute atomic E-state index is 16.1. The predicted octanol–water partition coefficient (Wildman–Crippen LogP) is 10.8. The van der Waals surface area contributed by atoms with Gasteiger partial charge in [-0.25, -0.2) is 0 Å². The smallest absolute Gasteiger partial charge is 0.416 e. The Morgan fingerprint density at radius 2 is 1.03 bits per heavy atom. The summed E-state index contributed by atoms with van der Waals surface area (Å²) in [5, 5.41) is 0.0999. The van der Waals surface area contributed by atoms with E-state index in [1.165, 1.54) is 53.3 Å². The zero-order chi connectivity index (χ0) is 46.6. The minimum Gasteiger partial charge on any atom is -0.497 e. The van der Waals surface area contributed by atoms with E-state index in [9.17, 15) is 26.3 Å². The van der Waals surface area contributed by atoms with Crippen molar-refractivity contribution in [2.45, 2.75) is 62.0 Å². The van der Waals surface area contributed by atoms with Crippen LogP contribution in [-0.4, -0.2) is 32.0 Å². The third-order valence-electron chi connectivity index (χ3n) is 12.1. The number of methoxy groups -OCH3 is 1. The standard InChI is InChI=1S/C51H47ClF6N4O3/c1-65-43-26-27-44(52)45(33-43)62(31-29-35-18-23-41(24-19-35)51(56,57)58)47(64)49(60,39-14-6-3-7-15-39)48(59,38-12-4-2-5-13-38)46(63)61(42-25-20-36-10-8-9-11-37(36)32-42)30-28-34-16-21-40(22-17-34)50(53,54)55/h2-7,12-27,32-33H,8-11,28-31,59-60H2,1H3. The molecular formula is C51H47ClF6N4O3.